The predicted molar refractivity (Wildman–Crippen MR) is 252 cm³/mol. The largest absolute Gasteiger partial charge is 0.455 e. The Morgan fingerprint density at radius 2 is 1.85 bits per heavy atom. The maximum atomic E-state index is 14.1. The number of allylic oxidation sites excluding steroid dienone is 1. The number of hydrogen-bond donors (Lipinski definition) is 2. The molecule has 4 heterocycles. The molecule has 19 heteroatoms. The third kappa shape index (κ3) is 11.1. The smallest absolute Gasteiger partial charge is 0.416 e. The van der Waals surface area contributed by atoms with Gasteiger partial charge < -0.3 is 24.7 Å². The van der Waals surface area contributed by atoms with Crippen LogP contribution in [0.3, 0.4) is 0 Å². The number of H-pyrrole nitrogens is 1. The Kier molecular flexibility index (Phi) is 14.0. The van der Waals surface area contributed by atoms with Crippen LogP contribution in [-0.4, -0.2) is 116 Å². The number of nitrogens with zero attached hydrogens (tertiary/aromatic N) is 5. The summed E-state index contributed by atoms with van der Waals surface area (Å²) in [6.45, 7) is 12.4. The van der Waals surface area contributed by atoms with E-state index in [1.165, 1.54) is 30.5 Å². The fraction of sp³-hybridized carbons (Fsp3) is 0.417. The fourth-order valence-corrected chi connectivity index (χ4v) is 10.7. The van der Waals surface area contributed by atoms with Crippen LogP contribution < -0.4 is 15.0 Å². The van der Waals surface area contributed by atoms with E-state index in [-0.39, 0.29) is 38.4 Å². The number of likely N-dealkylation sites (N-methyl/N-ethyl adjacent to an activating group) is 1. The second kappa shape index (κ2) is 19.6. The van der Waals surface area contributed by atoms with Gasteiger partial charge >= 0.3 is 6.18 Å². The SMILES string of the molecule is CCN1CCOC[C@@H]1CNc1ccc(S(=O)(=O)CC(=O)c2ccc(N3CCN(CC4=C(c5ccc(C(F)(F)F)cc5Cl)CC(C)(C)CC4)CC3)cc2Oc2cnc3[nH]ccc3c2)cc1[N+](=O)[O-]. The zero-order chi connectivity index (χ0) is 47.7. The maximum Gasteiger partial charge on any atom is 0.416 e. The van der Waals surface area contributed by atoms with Crippen LogP contribution in [0, 0.1) is 15.5 Å². The zero-order valence-corrected chi connectivity index (χ0v) is 39.1. The van der Waals surface area contributed by atoms with E-state index in [9.17, 15) is 36.5 Å². The summed E-state index contributed by atoms with van der Waals surface area (Å²) in [5, 5.41) is 16.1. The highest BCUT2D eigenvalue weighted by molar-refractivity contribution is 7.92. The average Bonchev–Trinajstić information content (AvgIpc) is 3.77. The molecule has 2 aliphatic heterocycles. The second-order valence-corrected chi connectivity index (χ2v) is 20.5. The Morgan fingerprint density at radius 3 is 2.58 bits per heavy atom. The first kappa shape index (κ1) is 47.9. The Labute approximate surface area is 392 Å². The topological polar surface area (TPSA) is 163 Å². The van der Waals surface area contributed by atoms with Crippen LogP contribution >= 0.6 is 11.6 Å². The van der Waals surface area contributed by atoms with Gasteiger partial charge in [0.15, 0.2) is 15.6 Å². The third-order valence-electron chi connectivity index (χ3n) is 13.0. The van der Waals surface area contributed by atoms with Crippen LogP contribution in [0.25, 0.3) is 16.6 Å². The summed E-state index contributed by atoms with van der Waals surface area (Å²) in [5.41, 5.74) is 3.05. The van der Waals surface area contributed by atoms with Gasteiger partial charge in [0.1, 0.15) is 28.6 Å². The lowest BCUT2D eigenvalue weighted by atomic mass is 9.72. The minimum Gasteiger partial charge on any atom is -0.455 e. The van der Waals surface area contributed by atoms with Crippen molar-refractivity contribution in [3.05, 3.63) is 117 Å². The molecule has 2 N–H and O–H groups in total. The number of hydrogen-bond acceptors (Lipinski definition) is 12. The number of halogens is 4. The first-order valence-corrected chi connectivity index (χ1v) is 24.3. The number of fused-ring (bicyclic) bond motifs is 1. The molecule has 2 saturated heterocycles. The highest BCUT2D eigenvalue weighted by Gasteiger charge is 2.34. The molecule has 0 unspecified atom stereocenters. The number of anilines is 2. The zero-order valence-electron chi connectivity index (χ0n) is 37.5. The number of ether oxygens (including phenoxy) is 2. The van der Waals surface area contributed by atoms with Gasteiger partial charge in [0.05, 0.1) is 46.4 Å². The molecule has 8 rings (SSSR count). The van der Waals surface area contributed by atoms with Gasteiger partial charge in [0.2, 0.25) is 0 Å². The molecular formula is C48H53ClF3N7O7S. The number of carbonyl (C=O) groups is 1. The van der Waals surface area contributed by atoms with Crippen molar-refractivity contribution in [2.75, 3.05) is 81.5 Å². The Hall–Kier alpha value is -5.53. The summed E-state index contributed by atoms with van der Waals surface area (Å²) in [5.74, 6) is -1.31. The molecule has 1 aliphatic carbocycles. The van der Waals surface area contributed by atoms with Crippen molar-refractivity contribution in [1.29, 1.82) is 0 Å². The minimum absolute atomic E-state index is 0.00436. The van der Waals surface area contributed by atoms with Gasteiger partial charge in [-0.3, -0.25) is 24.7 Å². The van der Waals surface area contributed by atoms with E-state index in [1.807, 2.05) is 13.0 Å². The molecule has 0 radical (unpaired) electrons. The molecule has 0 spiro atoms. The van der Waals surface area contributed by atoms with Crippen molar-refractivity contribution < 1.29 is 40.8 Å². The molecule has 0 bridgehead atoms. The maximum absolute atomic E-state index is 14.1. The van der Waals surface area contributed by atoms with Crippen LogP contribution in [0.5, 0.6) is 11.5 Å². The number of carbonyl (C=O) groups excluding carboxylic acids is 1. The van der Waals surface area contributed by atoms with E-state index in [0.29, 0.717) is 75.9 Å². The van der Waals surface area contributed by atoms with E-state index >= 15 is 0 Å². The number of Topliss-reactive ketones (excluding diaryl/α,β-unsaturated/α-hetero) is 1. The first-order chi connectivity index (χ1) is 31.9. The normalized spacial score (nSPS) is 18.6. The summed E-state index contributed by atoms with van der Waals surface area (Å²) in [6, 6.07) is 15.7. The second-order valence-electron chi connectivity index (χ2n) is 18.1. The molecule has 2 aromatic heterocycles. The van der Waals surface area contributed by atoms with Crippen molar-refractivity contribution in [2.24, 2.45) is 5.41 Å². The van der Waals surface area contributed by atoms with Crippen LogP contribution in [0.2, 0.25) is 5.02 Å². The molecule has 356 valence electrons. The minimum atomic E-state index is -4.50. The summed E-state index contributed by atoms with van der Waals surface area (Å²) < 4.78 is 80.1. The number of benzene rings is 3. The number of nitro groups is 1. The number of aromatic amines is 1. The summed E-state index contributed by atoms with van der Waals surface area (Å²) >= 11 is 6.54. The van der Waals surface area contributed by atoms with Crippen molar-refractivity contribution >= 4 is 60.9 Å². The Bertz CT molecular complexity index is 2810. The third-order valence-corrected chi connectivity index (χ3v) is 14.9. The molecule has 0 amide bonds. The lowest BCUT2D eigenvalue weighted by molar-refractivity contribution is -0.384. The van der Waals surface area contributed by atoms with Gasteiger partial charge in [-0.2, -0.15) is 13.2 Å². The van der Waals surface area contributed by atoms with E-state index in [2.05, 4.69) is 43.8 Å². The average molecular weight is 965 g/mol. The van der Waals surface area contributed by atoms with Crippen molar-refractivity contribution in [3.8, 4) is 11.5 Å². The molecular weight excluding hydrogens is 911 g/mol. The highest BCUT2D eigenvalue weighted by Crippen LogP contribution is 2.46. The van der Waals surface area contributed by atoms with E-state index in [1.54, 1.807) is 24.4 Å². The van der Waals surface area contributed by atoms with Gasteiger partial charge in [-0.1, -0.05) is 44.0 Å². The van der Waals surface area contributed by atoms with Crippen LogP contribution in [0.1, 0.15) is 61.5 Å². The molecule has 1 atom stereocenters. The molecule has 3 aliphatic rings. The number of sulfone groups is 1. The molecule has 5 aromatic rings. The highest BCUT2D eigenvalue weighted by atomic mass is 35.5. The Balaban J connectivity index is 1.00. The van der Waals surface area contributed by atoms with Crippen molar-refractivity contribution in [3.63, 3.8) is 0 Å². The van der Waals surface area contributed by atoms with E-state index in [0.717, 1.165) is 66.4 Å². The summed E-state index contributed by atoms with van der Waals surface area (Å²) in [6.07, 6.45) is 1.15. The molecule has 14 nitrogen and oxygen atoms in total. The lowest BCUT2D eigenvalue weighted by Crippen LogP contribution is -2.48. The number of rotatable bonds is 15. The summed E-state index contributed by atoms with van der Waals surface area (Å²) in [7, 11) is -4.38. The molecule has 2 fully saturated rings. The number of pyridine rings is 1. The van der Waals surface area contributed by atoms with Gasteiger partial charge in [0, 0.05) is 80.2 Å². The monoisotopic (exact) mass is 963 g/mol. The van der Waals surface area contributed by atoms with Crippen LogP contribution in [-0.2, 0) is 20.8 Å². The predicted octanol–water partition coefficient (Wildman–Crippen LogP) is 9.51. The van der Waals surface area contributed by atoms with E-state index in [4.69, 9.17) is 21.1 Å². The number of ketones is 1. The van der Waals surface area contributed by atoms with Crippen molar-refractivity contribution in [2.45, 2.75) is 57.1 Å². The fourth-order valence-electron chi connectivity index (χ4n) is 9.15. The van der Waals surface area contributed by atoms with Crippen LogP contribution in [0.15, 0.2) is 89.6 Å². The van der Waals surface area contributed by atoms with Gasteiger partial charge in [-0.05, 0) is 90.9 Å². The van der Waals surface area contributed by atoms with Gasteiger partial charge in [-0.25, -0.2) is 13.4 Å². The number of aromatic nitrogens is 2. The number of morpholine rings is 1. The van der Waals surface area contributed by atoms with Gasteiger partial charge in [0.25, 0.3) is 5.69 Å². The van der Waals surface area contributed by atoms with Crippen LogP contribution in [0.4, 0.5) is 30.2 Å². The van der Waals surface area contributed by atoms with E-state index < -0.39 is 43.7 Å². The number of nitro benzene ring substituents is 1. The summed E-state index contributed by atoms with van der Waals surface area (Å²) in [4.78, 5) is 39.4. The number of alkyl halides is 3. The quantitative estimate of drug-likeness (QED) is 0.0582. The molecule has 0 saturated carbocycles. The number of piperazine rings is 1. The van der Waals surface area contributed by atoms with Gasteiger partial charge in [-0.15, -0.1) is 0 Å². The molecule has 67 heavy (non-hydrogen) atoms. The van der Waals surface area contributed by atoms with Crippen molar-refractivity contribution in [1.82, 2.24) is 19.8 Å². The Morgan fingerprint density at radius 1 is 1.06 bits per heavy atom. The molecule has 3 aromatic carbocycles. The number of nitrogens with one attached hydrogen (secondary N) is 2. The first-order valence-electron chi connectivity index (χ1n) is 22.3. The standard InChI is InChI=1S/C48H53ClF3N7O7S/c1-4-57-19-20-65-29-35(57)26-54-42-10-7-37(24-43(42)59(61)62)67(63,64)30-44(60)39-9-6-34(23-45(39)66-36-21-31-12-14-53-46(31)55-27-36)58-17-15-56(16-18-58)28-32-11-13-47(2,3)25-40(32)38-8-5-33(22-41(38)49)48(50,51)52/h5-10,12,14,21-24,27,35,54H,4,11,13,15-20,25-26,28-30H2,1-3H3,(H,53,55)/t35-/m0/s1. The lowest BCUT2D eigenvalue weighted by Gasteiger charge is -2.39.